The van der Waals surface area contributed by atoms with Gasteiger partial charge in [0.2, 0.25) is 5.91 Å². The number of hydrogen-bond donors (Lipinski definition) is 1. The van der Waals surface area contributed by atoms with Crippen LogP contribution >= 0.6 is 11.6 Å². The van der Waals surface area contributed by atoms with Crippen LogP contribution in [-0.4, -0.2) is 50.1 Å². The molecule has 1 aromatic carbocycles. The number of nitrogens with one attached hydrogen (secondary N) is 1. The molecule has 108 valence electrons. The molecule has 0 bridgehead atoms. The predicted molar refractivity (Wildman–Crippen MR) is 81.2 cm³/mol. The van der Waals surface area contributed by atoms with E-state index >= 15 is 0 Å². The minimum Gasteiger partial charge on any atom is -0.368 e. The first-order chi connectivity index (χ1) is 9.74. The molecule has 5 heteroatoms. The van der Waals surface area contributed by atoms with Gasteiger partial charge in [-0.2, -0.15) is 0 Å². The van der Waals surface area contributed by atoms with E-state index in [1.54, 1.807) is 0 Å². The number of anilines is 1. The molecule has 20 heavy (non-hydrogen) atoms. The topological polar surface area (TPSA) is 35.6 Å². The van der Waals surface area contributed by atoms with E-state index in [1.807, 2.05) is 23.1 Å². The summed E-state index contributed by atoms with van der Waals surface area (Å²) in [7, 11) is 0. The normalized spacial score (nSPS) is 23.1. The lowest BCUT2D eigenvalue weighted by molar-refractivity contribution is -0.135. The highest BCUT2D eigenvalue weighted by atomic mass is 35.5. The van der Waals surface area contributed by atoms with Gasteiger partial charge in [-0.1, -0.05) is 17.7 Å². The van der Waals surface area contributed by atoms with E-state index in [4.69, 9.17) is 11.6 Å². The van der Waals surface area contributed by atoms with Gasteiger partial charge in [0.25, 0.3) is 0 Å². The maximum Gasteiger partial charge on any atom is 0.227 e. The van der Waals surface area contributed by atoms with Crippen LogP contribution in [0.3, 0.4) is 0 Å². The third-order valence-electron chi connectivity index (χ3n) is 4.17. The smallest absolute Gasteiger partial charge is 0.227 e. The summed E-state index contributed by atoms with van der Waals surface area (Å²) in [5, 5.41) is 4.02. The van der Waals surface area contributed by atoms with Crippen LogP contribution < -0.4 is 10.2 Å². The fourth-order valence-electron chi connectivity index (χ4n) is 2.98. The molecule has 2 saturated heterocycles. The van der Waals surface area contributed by atoms with Gasteiger partial charge in [0.05, 0.1) is 5.92 Å². The van der Waals surface area contributed by atoms with Crippen molar-refractivity contribution in [1.82, 2.24) is 10.2 Å². The van der Waals surface area contributed by atoms with Crippen molar-refractivity contribution in [3.63, 3.8) is 0 Å². The highest BCUT2D eigenvalue weighted by molar-refractivity contribution is 6.30. The lowest BCUT2D eigenvalue weighted by Crippen LogP contribution is -2.50. The Hall–Kier alpha value is -1.26. The third-order valence-corrected chi connectivity index (χ3v) is 4.41. The summed E-state index contributed by atoms with van der Waals surface area (Å²) in [5.74, 6) is 0.508. The molecule has 2 heterocycles. The number of carbonyl (C=O) groups is 1. The maximum atomic E-state index is 12.3. The Morgan fingerprint density at radius 3 is 2.70 bits per heavy atom. The molecule has 0 radical (unpaired) electrons. The predicted octanol–water partition coefficient (Wildman–Crippen LogP) is 1.60. The van der Waals surface area contributed by atoms with Gasteiger partial charge in [-0.05, 0) is 31.2 Å². The van der Waals surface area contributed by atoms with Gasteiger partial charge < -0.3 is 15.1 Å². The number of rotatable bonds is 2. The van der Waals surface area contributed by atoms with Gasteiger partial charge in [0.15, 0.2) is 0 Å². The van der Waals surface area contributed by atoms with E-state index in [1.165, 1.54) is 0 Å². The van der Waals surface area contributed by atoms with Crippen LogP contribution in [0.15, 0.2) is 24.3 Å². The Bertz CT molecular complexity index is 480. The number of piperazine rings is 1. The van der Waals surface area contributed by atoms with Crippen molar-refractivity contribution >= 4 is 23.2 Å². The second kappa shape index (κ2) is 6.02. The number of halogens is 1. The number of nitrogens with zero attached hydrogens (tertiary/aromatic N) is 2. The van der Waals surface area contributed by atoms with Gasteiger partial charge >= 0.3 is 0 Å². The summed E-state index contributed by atoms with van der Waals surface area (Å²) in [6.07, 6.45) is 0.980. The molecule has 2 aliphatic rings. The quantitative estimate of drug-likeness (QED) is 0.900. The Labute approximate surface area is 124 Å². The minimum atomic E-state index is 0.188. The Kier molecular flexibility index (Phi) is 4.13. The molecule has 1 amide bonds. The molecular weight excluding hydrogens is 274 g/mol. The SMILES string of the molecule is O=C(C1CCNC1)N1CCN(c2cccc(Cl)c2)CC1. The standard InChI is InChI=1S/C15H20ClN3O/c16-13-2-1-3-14(10-13)18-6-8-19(9-7-18)15(20)12-4-5-17-11-12/h1-3,10,12,17H,4-9,11H2. The number of amides is 1. The molecule has 1 atom stereocenters. The van der Waals surface area contributed by atoms with Gasteiger partial charge in [-0.15, -0.1) is 0 Å². The van der Waals surface area contributed by atoms with E-state index in [0.29, 0.717) is 5.91 Å². The van der Waals surface area contributed by atoms with Crippen molar-refractivity contribution in [2.45, 2.75) is 6.42 Å². The van der Waals surface area contributed by atoms with Crippen molar-refractivity contribution in [3.05, 3.63) is 29.3 Å². The van der Waals surface area contributed by atoms with Crippen LogP contribution in [0.5, 0.6) is 0 Å². The summed E-state index contributed by atoms with van der Waals surface area (Å²) >= 11 is 6.03. The van der Waals surface area contributed by atoms with Crippen LogP contribution in [0.25, 0.3) is 0 Å². The van der Waals surface area contributed by atoms with Gasteiger partial charge in [0.1, 0.15) is 0 Å². The highest BCUT2D eigenvalue weighted by Gasteiger charge is 2.29. The van der Waals surface area contributed by atoms with Gasteiger partial charge in [-0.3, -0.25) is 4.79 Å². The lowest BCUT2D eigenvalue weighted by atomic mass is 10.1. The zero-order valence-corrected chi connectivity index (χ0v) is 12.3. The average molecular weight is 294 g/mol. The van der Waals surface area contributed by atoms with Crippen molar-refractivity contribution in [2.75, 3.05) is 44.2 Å². The molecule has 4 nitrogen and oxygen atoms in total. The Morgan fingerprint density at radius 2 is 2.05 bits per heavy atom. The second-order valence-electron chi connectivity index (χ2n) is 5.48. The number of benzene rings is 1. The first-order valence-electron chi connectivity index (χ1n) is 7.24. The largest absolute Gasteiger partial charge is 0.368 e. The van der Waals surface area contributed by atoms with E-state index in [0.717, 1.165) is 56.4 Å². The van der Waals surface area contributed by atoms with E-state index in [-0.39, 0.29) is 5.92 Å². The van der Waals surface area contributed by atoms with E-state index < -0.39 is 0 Å². The maximum absolute atomic E-state index is 12.3. The summed E-state index contributed by atoms with van der Waals surface area (Å²) in [5.41, 5.74) is 1.15. The van der Waals surface area contributed by atoms with Gasteiger partial charge in [-0.25, -0.2) is 0 Å². The molecular formula is C15H20ClN3O. The number of hydrogen-bond acceptors (Lipinski definition) is 3. The summed E-state index contributed by atoms with van der Waals surface area (Å²) in [4.78, 5) is 16.7. The molecule has 1 aromatic rings. The summed E-state index contributed by atoms with van der Waals surface area (Å²) in [6, 6.07) is 7.92. The molecule has 2 fully saturated rings. The fraction of sp³-hybridized carbons (Fsp3) is 0.533. The molecule has 2 aliphatic heterocycles. The molecule has 0 spiro atoms. The molecule has 3 rings (SSSR count). The van der Waals surface area contributed by atoms with Crippen LogP contribution in [0.2, 0.25) is 5.02 Å². The zero-order valence-electron chi connectivity index (χ0n) is 11.5. The van der Waals surface area contributed by atoms with Crippen molar-refractivity contribution in [2.24, 2.45) is 5.92 Å². The Balaban J connectivity index is 1.58. The van der Waals surface area contributed by atoms with Crippen LogP contribution in [0, 0.1) is 5.92 Å². The molecule has 0 aliphatic carbocycles. The summed E-state index contributed by atoms with van der Waals surface area (Å²) < 4.78 is 0. The first kappa shape index (κ1) is 13.7. The van der Waals surface area contributed by atoms with Crippen LogP contribution in [0.4, 0.5) is 5.69 Å². The number of carbonyl (C=O) groups excluding carboxylic acids is 1. The second-order valence-corrected chi connectivity index (χ2v) is 5.92. The monoisotopic (exact) mass is 293 g/mol. The van der Waals surface area contributed by atoms with Crippen molar-refractivity contribution in [1.29, 1.82) is 0 Å². The van der Waals surface area contributed by atoms with E-state index in [9.17, 15) is 4.79 Å². The lowest BCUT2D eigenvalue weighted by Gasteiger charge is -2.37. The van der Waals surface area contributed by atoms with Gasteiger partial charge in [0, 0.05) is 43.4 Å². The minimum absolute atomic E-state index is 0.188. The van der Waals surface area contributed by atoms with Crippen molar-refractivity contribution < 1.29 is 4.79 Å². The highest BCUT2D eigenvalue weighted by Crippen LogP contribution is 2.21. The molecule has 1 unspecified atom stereocenters. The fourth-order valence-corrected chi connectivity index (χ4v) is 3.17. The van der Waals surface area contributed by atoms with Crippen molar-refractivity contribution in [3.8, 4) is 0 Å². The molecule has 1 N–H and O–H groups in total. The Morgan fingerprint density at radius 1 is 1.25 bits per heavy atom. The van der Waals surface area contributed by atoms with Crippen LogP contribution in [-0.2, 0) is 4.79 Å². The molecule has 0 saturated carbocycles. The van der Waals surface area contributed by atoms with Crippen LogP contribution in [0.1, 0.15) is 6.42 Å². The third kappa shape index (κ3) is 2.91. The molecule has 0 aromatic heterocycles. The zero-order chi connectivity index (χ0) is 13.9. The first-order valence-corrected chi connectivity index (χ1v) is 7.62. The van der Waals surface area contributed by atoms with E-state index in [2.05, 4.69) is 16.3 Å². The average Bonchev–Trinajstić information content (AvgIpc) is 3.01. The summed E-state index contributed by atoms with van der Waals surface area (Å²) in [6.45, 7) is 5.19.